The molecule has 1 aliphatic carbocycles. The number of halogens is 1. The topological polar surface area (TPSA) is 88.8 Å². The summed E-state index contributed by atoms with van der Waals surface area (Å²) in [7, 11) is 0. The van der Waals surface area contributed by atoms with Gasteiger partial charge >= 0.3 is 6.09 Å². The number of ether oxygens (including phenoxy) is 1. The summed E-state index contributed by atoms with van der Waals surface area (Å²) in [5.74, 6) is 0.511. The van der Waals surface area contributed by atoms with Gasteiger partial charge in [-0.2, -0.15) is 0 Å². The van der Waals surface area contributed by atoms with Gasteiger partial charge in [-0.05, 0) is 62.3 Å². The molecule has 8 heteroatoms. The number of carbonyl (C=O) groups excluding carboxylic acids is 2. The molecule has 2 aliphatic rings. The number of pyridine rings is 1. The number of rotatable bonds is 6. The zero-order valence-electron chi connectivity index (χ0n) is 19.3. The van der Waals surface area contributed by atoms with Crippen LogP contribution in [-0.2, 0) is 17.6 Å². The van der Waals surface area contributed by atoms with E-state index < -0.39 is 0 Å². The number of hydrogen-bond donors (Lipinski definition) is 1. The van der Waals surface area contributed by atoms with E-state index in [2.05, 4.69) is 6.92 Å². The molecule has 1 fully saturated rings. The van der Waals surface area contributed by atoms with Crippen LogP contribution in [0.3, 0.4) is 0 Å². The van der Waals surface area contributed by atoms with Gasteiger partial charge in [0.05, 0.1) is 17.1 Å². The van der Waals surface area contributed by atoms with Gasteiger partial charge in [0, 0.05) is 42.8 Å². The first-order chi connectivity index (χ1) is 16.0. The predicted molar refractivity (Wildman–Crippen MR) is 130 cm³/mol. The van der Waals surface area contributed by atoms with Gasteiger partial charge in [-0.15, -0.1) is 0 Å². The van der Waals surface area contributed by atoms with Crippen molar-refractivity contribution in [2.75, 3.05) is 39.3 Å². The number of unbranched alkanes of at least 4 members (excludes halogenated alkanes) is 1. The number of nitrogens with two attached hydrogens (primary N) is 1. The van der Waals surface area contributed by atoms with E-state index in [1.165, 1.54) is 0 Å². The van der Waals surface area contributed by atoms with Gasteiger partial charge in [-0.25, -0.2) is 4.79 Å². The van der Waals surface area contributed by atoms with Gasteiger partial charge in [0.25, 0.3) is 5.91 Å². The van der Waals surface area contributed by atoms with Crippen molar-refractivity contribution in [2.45, 2.75) is 45.4 Å². The first kappa shape index (κ1) is 23.8. The number of piperazine rings is 1. The van der Waals surface area contributed by atoms with Crippen molar-refractivity contribution in [3.8, 4) is 0 Å². The van der Waals surface area contributed by atoms with Crippen molar-refractivity contribution in [3.05, 3.63) is 40.0 Å². The van der Waals surface area contributed by atoms with Crippen molar-refractivity contribution in [2.24, 2.45) is 11.7 Å². The lowest BCUT2D eigenvalue weighted by Crippen LogP contribution is -2.50. The molecule has 1 atom stereocenters. The Morgan fingerprint density at radius 2 is 1.97 bits per heavy atom. The lowest BCUT2D eigenvalue weighted by atomic mass is 9.84. The van der Waals surface area contributed by atoms with E-state index >= 15 is 0 Å². The number of aromatic nitrogens is 1. The van der Waals surface area contributed by atoms with Gasteiger partial charge in [-0.3, -0.25) is 9.78 Å². The Morgan fingerprint density at radius 1 is 1.21 bits per heavy atom. The Bertz CT molecular complexity index is 1020. The fourth-order valence-corrected chi connectivity index (χ4v) is 5.09. The highest BCUT2D eigenvalue weighted by Crippen LogP contribution is 2.36. The first-order valence-corrected chi connectivity index (χ1v) is 12.4. The van der Waals surface area contributed by atoms with Crippen LogP contribution in [0.15, 0.2) is 18.2 Å². The third-order valence-electron chi connectivity index (χ3n) is 6.76. The van der Waals surface area contributed by atoms with Crippen LogP contribution in [0.2, 0.25) is 5.02 Å². The normalized spacial score (nSPS) is 18.3. The Labute approximate surface area is 200 Å². The molecule has 178 valence electrons. The average molecular weight is 473 g/mol. The number of fused-ring (bicyclic) bond motifs is 2. The van der Waals surface area contributed by atoms with Crippen molar-refractivity contribution >= 4 is 34.5 Å². The second-order valence-corrected chi connectivity index (χ2v) is 9.39. The molecule has 0 bridgehead atoms. The zero-order valence-corrected chi connectivity index (χ0v) is 20.1. The molecule has 1 saturated heterocycles. The van der Waals surface area contributed by atoms with E-state index in [1.807, 2.05) is 18.2 Å². The Hall–Kier alpha value is -2.38. The van der Waals surface area contributed by atoms with Crippen LogP contribution >= 0.6 is 11.6 Å². The highest BCUT2D eigenvalue weighted by Gasteiger charge is 2.27. The number of hydrogen-bond acceptors (Lipinski definition) is 5. The van der Waals surface area contributed by atoms with Crippen LogP contribution in [0.1, 0.15) is 54.2 Å². The van der Waals surface area contributed by atoms with Crippen LogP contribution in [0.4, 0.5) is 4.79 Å². The van der Waals surface area contributed by atoms with Crippen LogP contribution in [-0.4, -0.2) is 66.1 Å². The Morgan fingerprint density at radius 3 is 2.70 bits per heavy atom. The maximum Gasteiger partial charge on any atom is 0.409 e. The van der Waals surface area contributed by atoms with Crippen LogP contribution in [0.5, 0.6) is 0 Å². The van der Waals surface area contributed by atoms with Crippen molar-refractivity contribution in [1.82, 2.24) is 14.8 Å². The summed E-state index contributed by atoms with van der Waals surface area (Å²) >= 11 is 6.78. The third-order valence-corrected chi connectivity index (χ3v) is 7.19. The van der Waals surface area contributed by atoms with Crippen LogP contribution in [0, 0.1) is 5.92 Å². The van der Waals surface area contributed by atoms with Crippen molar-refractivity contribution in [1.29, 1.82) is 0 Å². The summed E-state index contributed by atoms with van der Waals surface area (Å²) < 4.78 is 5.28. The number of nitrogens with zero attached hydrogens (tertiary/aromatic N) is 3. The van der Waals surface area contributed by atoms with Crippen molar-refractivity contribution in [3.63, 3.8) is 0 Å². The van der Waals surface area contributed by atoms with E-state index in [0.29, 0.717) is 50.8 Å². The molecule has 2 N–H and O–H groups in total. The lowest BCUT2D eigenvalue weighted by Gasteiger charge is -2.34. The highest BCUT2D eigenvalue weighted by atomic mass is 35.5. The second-order valence-electron chi connectivity index (χ2n) is 9.02. The number of carbonyl (C=O) groups is 2. The van der Waals surface area contributed by atoms with Crippen molar-refractivity contribution < 1.29 is 14.3 Å². The number of amides is 2. The van der Waals surface area contributed by atoms with E-state index in [0.717, 1.165) is 65.7 Å². The van der Waals surface area contributed by atoms with E-state index in [1.54, 1.807) is 9.80 Å². The summed E-state index contributed by atoms with van der Waals surface area (Å²) in [6.45, 7) is 5.12. The molecule has 2 heterocycles. The van der Waals surface area contributed by atoms with E-state index in [-0.39, 0.29) is 12.0 Å². The third kappa shape index (κ3) is 5.25. The predicted octanol–water partition coefficient (Wildman–Crippen LogP) is 4.04. The molecule has 0 radical (unpaired) electrons. The summed E-state index contributed by atoms with van der Waals surface area (Å²) in [6, 6.07) is 5.59. The highest BCUT2D eigenvalue weighted by molar-refractivity contribution is 6.36. The molecule has 1 aromatic carbocycles. The minimum atomic E-state index is -0.293. The Kier molecular flexibility index (Phi) is 7.71. The van der Waals surface area contributed by atoms with Gasteiger partial charge in [0.1, 0.15) is 0 Å². The van der Waals surface area contributed by atoms with Crippen LogP contribution in [0.25, 0.3) is 10.9 Å². The monoisotopic (exact) mass is 472 g/mol. The average Bonchev–Trinajstić information content (AvgIpc) is 2.84. The van der Waals surface area contributed by atoms with Crippen LogP contribution < -0.4 is 5.73 Å². The summed E-state index contributed by atoms with van der Waals surface area (Å²) in [4.78, 5) is 33.6. The molecule has 4 rings (SSSR count). The summed E-state index contributed by atoms with van der Waals surface area (Å²) in [5, 5.41) is 1.64. The fourth-order valence-electron chi connectivity index (χ4n) is 4.74. The van der Waals surface area contributed by atoms with E-state index in [9.17, 15) is 9.59 Å². The SMILES string of the molecule is CCCCOC(=O)N1CCN(C(=O)c2ccc3c(Cl)c4c(nc3c2)CCC(CCN)C4)CC1. The molecule has 2 aromatic rings. The largest absolute Gasteiger partial charge is 0.449 e. The standard InChI is InChI=1S/C25H33ClN4O3/c1-2-3-14-33-25(32)30-12-10-29(11-13-30)24(31)18-5-6-19-22(16-18)28-21-7-4-17(8-9-27)15-20(21)23(19)26/h5-6,16-17H,2-4,7-15,27H2,1H3. The quantitative estimate of drug-likeness (QED) is 0.641. The van der Waals surface area contributed by atoms with Gasteiger partial charge in [0.2, 0.25) is 0 Å². The molecule has 1 aromatic heterocycles. The molecule has 1 unspecified atom stereocenters. The summed E-state index contributed by atoms with van der Waals surface area (Å²) in [6.07, 6.45) is 5.44. The molecule has 1 aliphatic heterocycles. The van der Waals surface area contributed by atoms with Gasteiger partial charge < -0.3 is 20.3 Å². The minimum absolute atomic E-state index is 0.0467. The lowest BCUT2D eigenvalue weighted by molar-refractivity contribution is 0.0558. The summed E-state index contributed by atoms with van der Waals surface area (Å²) in [5.41, 5.74) is 9.29. The maximum absolute atomic E-state index is 13.1. The van der Waals surface area contributed by atoms with E-state index in [4.69, 9.17) is 27.1 Å². The fraction of sp³-hybridized carbons (Fsp3) is 0.560. The zero-order chi connectivity index (χ0) is 23.4. The second kappa shape index (κ2) is 10.7. The first-order valence-electron chi connectivity index (χ1n) is 12.0. The maximum atomic E-state index is 13.1. The molecule has 7 nitrogen and oxygen atoms in total. The molecule has 33 heavy (non-hydrogen) atoms. The smallest absolute Gasteiger partial charge is 0.409 e. The van der Waals surface area contributed by atoms with Gasteiger partial charge in [0.15, 0.2) is 0 Å². The molecular formula is C25H33ClN4O3. The number of benzene rings is 1. The Balaban J connectivity index is 1.44. The number of aryl methyl sites for hydroxylation is 1. The molecular weight excluding hydrogens is 440 g/mol. The molecule has 0 saturated carbocycles. The molecule has 0 spiro atoms. The molecule has 2 amide bonds. The minimum Gasteiger partial charge on any atom is -0.449 e. The van der Waals surface area contributed by atoms with Gasteiger partial charge in [-0.1, -0.05) is 31.0 Å².